The molecule has 0 spiro atoms. The van der Waals surface area contributed by atoms with E-state index in [-0.39, 0.29) is 29.4 Å². The topological polar surface area (TPSA) is 70.2 Å². The fourth-order valence-electron chi connectivity index (χ4n) is 6.31. The Balaban J connectivity index is 1.41. The average molecular weight is 384 g/mol. The monoisotopic (exact) mass is 383 g/mol. The maximum atomic E-state index is 12.9. The van der Waals surface area contributed by atoms with Crippen LogP contribution in [0.2, 0.25) is 0 Å². The number of carbonyl (C=O) groups is 2. The molecular weight excluding hydrogens is 350 g/mol. The van der Waals surface area contributed by atoms with Gasteiger partial charge in [-0.15, -0.1) is 0 Å². The van der Waals surface area contributed by atoms with Gasteiger partial charge < -0.3 is 16.0 Å². The number of urea groups is 1. The Labute approximate surface area is 168 Å². The minimum absolute atomic E-state index is 0.0452. The molecule has 1 unspecified atom stereocenters. The average Bonchev–Trinajstić information content (AvgIpc) is 2.60. The summed E-state index contributed by atoms with van der Waals surface area (Å²) in [6.07, 6.45) is 8.05. The second-order valence-corrected chi connectivity index (χ2v) is 9.81. The molecule has 0 heterocycles. The molecule has 0 aromatic heterocycles. The molecule has 4 aliphatic rings. The molecule has 4 saturated carbocycles. The van der Waals surface area contributed by atoms with E-state index in [1.165, 1.54) is 38.5 Å². The highest BCUT2D eigenvalue weighted by atomic mass is 16.2. The zero-order valence-electron chi connectivity index (χ0n) is 17.3. The van der Waals surface area contributed by atoms with Crippen LogP contribution in [0, 0.1) is 23.2 Å². The molecule has 0 aliphatic heterocycles. The molecule has 1 atom stereocenters. The van der Waals surface area contributed by atoms with Crippen molar-refractivity contribution in [2.75, 3.05) is 5.32 Å². The Morgan fingerprint density at radius 2 is 1.57 bits per heavy atom. The van der Waals surface area contributed by atoms with E-state index >= 15 is 0 Å². The molecular formula is C23H33N3O2. The van der Waals surface area contributed by atoms with Crippen molar-refractivity contribution in [1.29, 1.82) is 0 Å². The van der Waals surface area contributed by atoms with Crippen molar-refractivity contribution < 1.29 is 9.59 Å². The molecule has 3 amide bonds. The maximum absolute atomic E-state index is 12.9. The summed E-state index contributed by atoms with van der Waals surface area (Å²) in [5, 5.41) is 8.89. The van der Waals surface area contributed by atoms with Crippen molar-refractivity contribution in [2.24, 2.45) is 23.2 Å². The number of carbonyl (C=O) groups excluding carboxylic acids is 2. The van der Waals surface area contributed by atoms with E-state index in [1.807, 2.05) is 26.0 Å². The van der Waals surface area contributed by atoms with Crippen LogP contribution < -0.4 is 16.0 Å². The molecule has 152 valence electrons. The Kier molecular flexibility index (Phi) is 5.11. The Hall–Kier alpha value is -2.04. The molecule has 1 aromatic carbocycles. The first kappa shape index (κ1) is 19.3. The van der Waals surface area contributed by atoms with E-state index in [9.17, 15) is 9.59 Å². The molecule has 3 N–H and O–H groups in total. The standard InChI is InChI=1S/C23H33N3O2/c1-14(2)24-22(28)26-20-6-4-5-19(10-20)21(27)25-15(3)23-11-16-7-17(12-23)9-18(8-16)13-23/h4-6,10,14-18H,7-9,11-13H2,1-3H3,(H,25,27)(H2,24,26,28). The van der Waals surface area contributed by atoms with Crippen LogP contribution in [0.3, 0.4) is 0 Å². The van der Waals surface area contributed by atoms with Gasteiger partial charge in [-0.2, -0.15) is 0 Å². The maximum Gasteiger partial charge on any atom is 0.319 e. The summed E-state index contributed by atoms with van der Waals surface area (Å²) in [5.41, 5.74) is 1.52. The fourth-order valence-corrected chi connectivity index (χ4v) is 6.31. The summed E-state index contributed by atoms with van der Waals surface area (Å²) >= 11 is 0. The van der Waals surface area contributed by atoms with Gasteiger partial charge in [0.2, 0.25) is 0 Å². The van der Waals surface area contributed by atoms with Gasteiger partial charge in [0.15, 0.2) is 0 Å². The minimum Gasteiger partial charge on any atom is -0.349 e. The van der Waals surface area contributed by atoms with Crippen LogP contribution in [0.4, 0.5) is 10.5 Å². The first-order valence-corrected chi connectivity index (χ1v) is 10.8. The van der Waals surface area contributed by atoms with Crippen LogP contribution in [0.5, 0.6) is 0 Å². The lowest BCUT2D eigenvalue weighted by Crippen LogP contribution is -2.55. The van der Waals surface area contributed by atoms with E-state index < -0.39 is 0 Å². The van der Waals surface area contributed by atoms with Crippen molar-refractivity contribution in [3.05, 3.63) is 29.8 Å². The van der Waals surface area contributed by atoms with E-state index in [0.29, 0.717) is 11.3 Å². The Bertz CT molecular complexity index is 723. The van der Waals surface area contributed by atoms with Gasteiger partial charge in [-0.1, -0.05) is 6.07 Å². The SMILES string of the molecule is CC(C)NC(=O)Nc1cccc(C(=O)NC(C)C23CC4CC(CC(C4)C2)C3)c1. The van der Waals surface area contributed by atoms with Crippen molar-refractivity contribution in [2.45, 2.75) is 71.4 Å². The van der Waals surface area contributed by atoms with Crippen LogP contribution in [0.15, 0.2) is 24.3 Å². The highest BCUT2D eigenvalue weighted by molar-refractivity contribution is 5.97. The first-order valence-electron chi connectivity index (χ1n) is 10.8. The third kappa shape index (κ3) is 3.89. The smallest absolute Gasteiger partial charge is 0.319 e. The van der Waals surface area contributed by atoms with Crippen molar-refractivity contribution >= 4 is 17.6 Å². The van der Waals surface area contributed by atoms with Gasteiger partial charge >= 0.3 is 6.03 Å². The van der Waals surface area contributed by atoms with Crippen LogP contribution >= 0.6 is 0 Å². The number of anilines is 1. The molecule has 5 rings (SSSR count). The van der Waals surface area contributed by atoms with Gasteiger partial charge in [0, 0.05) is 23.3 Å². The highest BCUT2D eigenvalue weighted by Gasteiger charge is 2.53. The molecule has 4 aliphatic carbocycles. The molecule has 1 aromatic rings. The van der Waals surface area contributed by atoms with Crippen LogP contribution in [-0.4, -0.2) is 24.0 Å². The second kappa shape index (κ2) is 7.41. The highest BCUT2D eigenvalue weighted by Crippen LogP contribution is 2.61. The normalized spacial score (nSPS) is 31.5. The molecule has 0 radical (unpaired) electrons. The van der Waals surface area contributed by atoms with E-state index in [0.717, 1.165) is 17.8 Å². The second-order valence-electron chi connectivity index (χ2n) is 9.81. The van der Waals surface area contributed by atoms with Crippen LogP contribution in [0.1, 0.15) is 69.7 Å². The zero-order chi connectivity index (χ0) is 19.9. The third-order valence-corrected chi connectivity index (χ3v) is 7.15. The van der Waals surface area contributed by atoms with E-state index in [2.05, 4.69) is 22.9 Å². The largest absolute Gasteiger partial charge is 0.349 e. The number of nitrogens with one attached hydrogen (secondary N) is 3. The summed E-state index contributed by atoms with van der Waals surface area (Å²) in [6.45, 7) is 6.02. The first-order chi connectivity index (χ1) is 13.3. The van der Waals surface area contributed by atoms with Crippen molar-refractivity contribution in [3.8, 4) is 0 Å². The third-order valence-electron chi connectivity index (χ3n) is 7.15. The zero-order valence-corrected chi connectivity index (χ0v) is 17.3. The molecule has 0 saturated heterocycles. The van der Waals surface area contributed by atoms with Crippen LogP contribution in [-0.2, 0) is 0 Å². The van der Waals surface area contributed by atoms with Gasteiger partial charge in [0.25, 0.3) is 5.91 Å². The quantitative estimate of drug-likeness (QED) is 0.698. The van der Waals surface area contributed by atoms with Gasteiger partial charge in [-0.3, -0.25) is 4.79 Å². The number of hydrogen-bond donors (Lipinski definition) is 3. The molecule has 5 nitrogen and oxygen atoms in total. The lowest BCUT2D eigenvalue weighted by Gasteiger charge is -2.59. The molecule has 28 heavy (non-hydrogen) atoms. The number of rotatable bonds is 5. The number of benzene rings is 1. The van der Waals surface area contributed by atoms with Gasteiger partial charge in [-0.25, -0.2) is 4.79 Å². The molecule has 4 fully saturated rings. The summed E-state index contributed by atoms with van der Waals surface area (Å²) in [7, 11) is 0. The summed E-state index contributed by atoms with van der Waals surface area (Å²) < 4.78 is 0. The summed E-state index contributed by atoms with van der Waals surface area (Å²) in [4.78, 5) is 24.8. The fraction of sp³-hybridized carbons (Fsp3) is 0.652. The van der Waals surface area contributed by atoms with Gasteiger partial charge in [-0.05, 0) is 101 Å². The summed E-state index contributed by atoms with van der Waals surface area (Å²) in [5.74, 6) is 2.57. The Morgan fingerprint density at radius 1 is 0.964 bits per heavy atom. The number of amides is 3. The molecule has 4 bridgehead atoms. The van der Waals surface area contributed by atoms with Gasteiger partial charge in [0.05, 0.1) is 0 Å². The lowest BCUT2D eigenvalue weighted by atomic mass is 9.48. The van der Waals surface area contributed by atoms with Crippen molar-refractivity contribution in [1.82, 2.24) is 10.6 Å². The van der Waals surface area contributed by atoms with Crippen LogP contribution in [0.25, 0.3) is 0 Å². The minimum atomic E-state index is -0.255. The number of hydrogen-bond acceptors (Lipinski definition) is 2. The summed E-state index contributed by atoms with van der Waals surface area (Å²) in [6, 6.07) is 7.18. The molecule has 5 heteroatoms. The van der Waals surface area contributed by atoms with Crippen molar-refractivity contribution in [3.63, 3.8) is 0 Å². The van der Waals surface area contributed by atoms with E-state index in [4.69, 9.17) is 0 Å². The Morgan fingerprint density at radius 3 is 2.14 bits per heavy atom. The lowest BCUT2D eigenvalue weighted by molar-refractivity contribution is -0.0688. The van der Waals surface area contributed by atoms with Gasteiger partial charge in [0.1, 0.15) is 0 Å². The predicted molar refractivity (Wildman–Crippen MR) is 111 cm³/mol. The predicted octanol–water partition coefficient (Wildman–Crippen LogP) is 4.55. The van der Waals surface area contributed by atoms with E-state index in [1.54, 1.807) is 12.1 Å².